The number of aliphatic carboxylic acids is 1. The molecule has 2 aromatic rings. The van der Waals surface area contributed by atoms with Gasteiger partial charge in [-0.3, -0.25) is 29.1 Å². The molecule has 1 heterocycles. The van der Waals surface area contributed by atoms with E-state index in [9.17, 15) is 24.5 Å². The minimum atomic E-state index is -1.30. The molecule has 0 aliphatic heterocycles. The summed E-state index contributed by atoms with van der Waals surface area (Å²) in [4.78, 5) is 45.7. The number of rotatable bonds is 3. The molecule has 0 saturated heterocycles. The minimum Gasteiger partial charge on any atom is -0.480 e. The third-order valence-corrected chi connectivity index (χ3v) is 2.46. The van der Waals surface area contributed by atoms with Gasteiger partial charge in [0.2, 0.25) is 0 Å². The third kappa shape index (κ3) is 2.20. The molecule has 2 rings (SSSR count). The van der Waals surface area contributed by atoms with E-state index in [1.54, 1.807) is 0 Å². The summed E-state index contributed by atoms with van der Waals surface area (Å²) in [5, 5.41) is 19.3. The number of hydrogen-bond donors (Lipinski definition) is 2. The Morgan fingerprint density at radius 3 is 2.68 bits per heavy atom. The number of fused-ring (bicyclic) bond motifs is 1. The monoisotopic (exact) mass is 265 g/mol. The lowest BCUT2D eigenvalue weighted by Gasteiger charge is -2.06. The second-order valence-corrected chi connectivity index (χ2v) is 3.70. The van der Waals surface area contributed by atoms with E-state index in [1.807, 2.05) is 0 Å². The SMILES string of the molecule is O=C(O)Cn1c(=O)c(=O)[nH]c2cc([N+](=O)[O-])ccc21. The van der Waals surface area contributed by atoms with Crippen molar-refractivity contribution in [3.8, 4) is 0 Å². The first-order chi connectivity index (χ1) is 8.90. The molecular formula is C10H7N3O6. The molecule has 9 heteroatoms. The topological polar surface area (TPSA) is 135 Å². The number of carbonyl (C=O) groups is 1. The Kier molecular flexibility index (Phi) is 2.87. The molecule has 0 unspecified atom stereocenters. The fourth-order valence-corrected chi connectivity index (χ4v) is 1.67. The highest BCUT2D eigenvalue weighted by molar-refractivity contribution is 5.79. The van der Waals surface area contributed by atoms with Gasteiger partial charge in [0.05, 0.1) is 16.0 Å². The summed E-state index contributed by atoms with van der Waals surface area (Å²) in [7, 11) is 0. The first kappa shape index (κ1) is 12.5. The number of benzene rings is 1. The maximum absolute atomic E-state index is 11.6. The van der Waals surface area contributed by atoms with Crippen molar-refractivity contribution < 1.29 is 14.8 Å². The number of hydrogen-bond acceptors (Lipinski definition) is 5. The molecule has 0 aliphatic rings. The van der Waals surface area contributed by atoms with Gasteiger partial charge in [0.25, 0.3) is 5.69 Å². The third-order valence-electron chi connectivity index (χ3n) is 2.46. The lowest BCUT2D eigenvalue weighted by Crippen LogP contribution is -2.37. The van der Waals surface area contributed by atoms with E-state index in [0.29, 0.717) is 0 Å². The number of carboxylic acids is 1. The smallest absolute Gasteiger partial charge is 0.323 e. The molecular weight excluding hydrogens is 258 g/mol. The maximum Gasteiger partial charge on any atom is 0.323 e. The van der Waals surface area contributed by atoms with Gasteiger partial charge in [-0.05, 0) is 6.07 Å². The van der Waals surface area contributed by atoms with E-state index in [1.165, 1.54) is 6.07 Å². The number of nitrogens with one attached hydrogen (secondary N) is 1. The number of nitro benzene ring substituents is 1. The van der Waals surface area contributed by atoms with Crippen LogP contribution in [0.15, 0.2) is 27.8 Å². The minimum absolute atomic E-state index is 0.0278. The summed E-state index contributed by atoms with van der Waals surface area (Å²) in [5.41, 5.74) is -2.20. The molecule has 0 atom stereocenters. The molecule has 2 N–H and O–H groups in total. The van der Waals surface area contributed by atoms with E-state index in [2.05, 4.69) is 4.98 Å². The molecule has 1 aromatic heterocycles. The van der Waals surface area contributed by atoms with Gasteiger partial charge in [0, 0.05) is 12.1 Å². The van der Waals surface area contributed by atoms with Gasteiger partial charge in [-0.1, -0.05) is 0 Å². The van der Waals surface area contributed by atoms with E-state index < -0.39 is 28.6 Å². The molecule has 9 nitrogen and oxygen atoms in total. The Labute approximate surface area is 103 Å². The number of H-pyrrole nitrogens is 1. The van der Waals surface area contributed by atoms with Gasteiger partial charge in [0.1, 0.15) is 6.54 Å². The predicted octanol–water partition coefficient (Wildman–Crippen LogP) is -0.317. The van der Waals surface area contributed by atoms with Gasteiger partial charge in [-0.15, -0.1) is 0 Å². The number of nitrogens with zero attached hydrogens (tertiary/aromatic N) is 2. The van der Waals surface area contributed by atoms with Crippen molar-refractivity contribution in [2.75, 3.05) is 0 Å². The Bertz CT molecular complexity index is 803. The van der Waals surface area contributed by atoms with Crippen molar-refractivity contribution >= 4 is 22.7 Å². The molecule has 0 amide bonds. The molecule has 0 radical (unpaired) electrons. The second kappa shape index (κ2) is 4.37. The normalized spacial score (nSPS) is 10.5. The van der Waals surface area contributed by atoms with Crippen molar-refractivity contribution in [3.63, 3.8) is 0 Å². The van der Waals surface area contributed by atoms with E-state index >= 15 is 0 Å². The van der Waals surface area contributed by atoms with Crippen molar-refractivity contribution in [2.24, 2.45) is 0 Å². The molecule has 0 aliphatic carbocycles. The van der Waals surface area contributed by atoms with Crippen LogP contribution in [0.1, 0.15) is 0 Å². The van der Waals surface area contributed by atoms with Gasteiger partial charge in [0.15, 0.2) is 0 Å². The van der Waals surface area contributed by atoms with Gasteiger partial charge in [-0.25, -0.2) is 0 Å². The Morgan fingerprint density at radius 1 is 1.42 bits per heavy atom. The quantitative estimate of drug-likeness (QED) is 0.443. The van der Waals surface area contributed by atoms with Crippen LogP contribution in [0, 0.1) is 10.1 Å². The number of non-ortho nitro benzene ring substituents is 1. The standard InChI is InChI=1S/C10H7N3O6/c14-8(15)4-12-7-2-1-5(13(18)19)3-6(7)11-9(16)10(12)17/h1-3H,4H2,(H,11,16)(H,14,15). The highest BCUT2D eigenvalue weighted by atomic mass is 16.6. The van der Waals surface area contributed by atoms with Crippen LogP contribution in [-0.2, 0) is 11.3 Å². The second-order valence-electron chi connectivity index (χ2n) is 3.70. The first-order valence-corrected chi connectivity index (χ1v) is 5.03. The summed E-state index contributed by atoms with van der Waals surface area (Å²) in [5.74, 6) is -1.30. The number of carboxylic acid groups (broad SMARTS) is 1. The predicted molar refractivity (Wildman–Crippen MR) is 63.1 cm³/mol. The zero-order chi connectivity index (χ0) is 14.2. The van der Waals surface area contributed by atoms with Crippen molar-refractivity contribution in [2.45, 2.75) is 6.54 Å². The molecule has 98 valence electrons. The zero-order valence-corrected chi connectivity index (χ0v) is 9.32. The zero-order valence-electron chi connectivity index (χ0n) is 9.32. The first-order valence-electron chi connectivity index (χ1n) is 5.03. The Balaban J connectivity index is 2.83. The summed E-state index contributed by atoms with van der Waals surface area (Å²) >= 11 is 0. The number of aromatic nitrogens is 2. The van der Waals surface area contributed by atoms with E-state index in [4.69, 9.17) is 5.11 Å². The van der Waals surface area contributed by atoms with Crippen molar-refractivity contribution in [1.82, 2.24) is 9.55 Å². The van der Waals surface area contributed by atoms with Crippen LogP contribution in [0.4, 0.5) is 5.69 Å². The Morgan fingerprint density at radius 2 is 2.11 bits per heavy atom. The molecule has 0 spiro atoms. The summed E-state index contributed by atoms with van der Waals surface area (Å²) in [6.45, 7) is -0.697. The average Bonchev–Trinajstić information content (AvgIpc) is 2.33. The van der Waals surface area contributed by atoms with E-state index in [-0.39, 0.29) is 16.7 Å². The van der Waals surface area contributed by atoms with Gasteiger partial charge >= 0.3 is 17.1 Å². The van der Waals surface area contributed by atoms with E-state index in [0.717, 1.165) is 16.7 Å². The van der Waals surface area contributed by atoms with Crippen LogP contribution in [0.3, 0.4) is 0 Å². The lowest BCUT2D eigenvalue weighted by molar-refractivity contribution is -0.384. The Hall–Kier alpha value is -2.97. The van der Waals surface area contributed by atoms with Crippen LogP contribution in [0.5, 0.6) is 0 Å². The number of nitro groups is 1. The van der Waals surface area contributed by atoms with Gasteiger partial charge in [-0.2, -0.15) is 0 Å². The maximum atomic E-state index is 11.6. The fourth-order valence-electron chi connectivity index (χ4n) is 1.67. The molecule has 0 fully saturated rings. The summed E-state index contributed by atoms with van der Waals surface area (Å²) in [6, 6.07) is 3.40. The molecule has 1 aromatic carbocycles. The summed E-state index contributed by atoms with van der Waals surface area (Å²) < 4.78 is 0.750. The van der Waals surface area contributed by atoms with Crippen LogP contribution < -0.4 is 11.1 Å². The fraction of sp³-hybridized carbons (Fsp3) is 0.100. The highest BCUT2D eigenvalue weighted by Crippen LogP contribution is 2.17. The van der Waals surface area contributed by atoms with Crippen LogP contribution in [0.2, 0.25) is 0 Å². The van der Waals surface area contributed by atoms with Crippen molar-refractivity contribution in [3.05, 3.63) is 49.0 Å². The van der Waals surface area contributed by atoms with Crippen LogP contribution in [-0.4, -0.2) is 25.6 Å². The van der Waals surface area contributed by atoms with Crippen molar-refractivity contribution in [1.29, 1.82) is 0 Å². The van der Waals surface area contributed by atoms with Crippen LogP contribution >= 0.6 is 0 Å². The average molecular weight is 265 g/mol. The lowest BCUT2D eigenvalue weighted by atomic mass is 10.2. The van der Waals surface area contributed by atoms with Crippen LogP contribution in [0.25, 0.3) is 11.0 Å². The van der Waals surface area contributed by atoms with Gasteiger partial charge < -0.3 is 10.1 Å². The highest BCUT2D eigenvalue weighted by Gasteiger charge is 2.13. The molecule has 0 bridgehead atoms. The summed E-state index contributed by atoms with van der Waals surface area (Å²) in [6.07, 6.45) is 0. The largest absolute Gasteiger partial charge is 0.480 e. The molecule has 19 heavy (non-hydrogen) atoms. The number of aromatic amines is 1. The molecule has 0 saturated carbocycles.